The van der Waals surface area contributed by atoms with Gasteiger partial charge in [-0.25, -0.2) is 4.79 Å². The van der Waals surface area contributed by atoms with Gasteiger partial charge in [0.25, 0.3) is 0 Å². The van der Waals surface area contributed by atoms with Crippen molar-refractivity contribution in [2.24, 2.45) is 11.7 Å². The number of aromatic hydroxyl groups is 1. The summed E-state index contributed by atoms with van der Waals surface area (Å²) >= 11 is 1.53. The van der Waals surface area contributed by atoms with E-state index in [2.05, 4.69) is 16.0 Å². The first kappa shape index (κ1) is 29.2. The van der Waals surface area contributed by atoms with E-state index in [1.54, 1.807) is 26.0 Å². The molecule has 34 heavy (non-hydrogen) atoms. The van der Waals surface area contributed by atoms with Gasteiger partial charge < -0.3 is 37.0 Å². The Balaban J connectivity index is 3.06. The lowest BCUT2D eigenvalue weighted by atomic mass is 10.00. The first-order valence-corrected chi connectivity index (χ1v) is 12.2. The van der Waals surface area contributed by atoms with Gasteiger partial charge >= 0.3 is 5.97 Å². The third-order valence-corrected chi connectivity index (χ3v) is 5.67. The van der Waals surface area contributed by atoms with E-state index in [0.29, 0.717) is 17.7 Å². The number of benzene rings is 1. The van der Waals surface area contributed by atoms with Gasteiger partial charge in [-0.15, -0.1) is 0 Å². The zero-order valence-electron chi connectivity index (χ0n) is 19.5. The molecule has 8 N–H and O–H groups in total. The highest BCUT2D eigenvalue weighted by Gasteiger charge is 2.31. The van der Waals surface area contributed by atoms with Gasteiger partial charge in [-0.2, -0.15) is 11.8 Å². The highest BCUT2D eigenvalue weighted by Crippen LogP contribution is 2.12. The summed E-state index contributed by atoms with van der Waals surface area (Å²) in [7, 11) is 0. The number of hydrogen-bond donors (Lipinski definition) is 7. The molecule has 0 fully saturated rings. The zero-order valence-corrected chi connectivity index (χ0v) is 20.3. The lowest BCUT2D eigenvalue weighted by Crippen LogP contribution is -2.59. The third-order valence-electron chi connectivity index (χ3n) is 5.02. The quantitative estimate of drug-likeness (QED) is 0.172. The first-order chi connectivity index (χ1) is 16.0. The van der Waals surface area contributed by atoms with E-state index >= 15 is 0 Å². The molecule has 0 heterocycles. The summed E-state index contributed by atoms with van der Waals surface area (Å²) in [5.74, 6) is -3.10. The predicted molar refractivity (Wildman–Crippen MR) is 128 cm³/mol. The molecule has 0 saturated heterocycles. The van der Waals surface area contributed by atoms with Crippen molar-refractivity contribution in [3.63, 3.8) is 0 Å². The number of aliphatic hydroxyl groups excluding tert-OH is 1. The normalized spacial score (nSPS) is 14.5. The largest absolute Gasteiger partial charge is 0.508 e. The number of phenols is 1. The van der Waals surface area contributed by atoms with Crippen LogP contribution in [0, 0.1) is 5.92 Å². The summed E-state index contributed by atoms with van der Waals surface area (Å²) in [5, 5.41) is 35.1. The third kappa shape index (κ3) is 9.57. The van der Waals surface area contributed by atoms with Crippen molar-refractivity contribution in [1.29, 1.82) is 0 Å². The number of nitrogens with two attached hydrogens (primary N) is 1. The van der Waals surface area contributed by atoms with Crippen molar-refractivity contribution < 1.29 is 34.5 Å². The van der Waals surface area contributed by atoms with Crippen LogP contribution in [-0.2, 0) is 25.6 Å². The maximum absolute atomic E-state index is 13.1. The monoisotopic (exact) mass is 498 g/mol. The molecule has 4 atom stereocenters. The maximum Gasteiger partial charge on any atom is 0.328 e. The Labute approximate surface area is 202 Å². The van der Waals surface area contributed by atoms with Gasteiger partial charge in [-0.05, 0) is 42.0 Å². The molecule has 12 heteroatoms. The van der Waals surface area contributed by atoms with Gasteiger partial charge in [0.2, 0.25) is 17.7 Å². The van der Waals surface area contributed by atoms with Crippen molar-refractivity contribution in [3.8, 4) is 5.75 Å². The van der Waals surface area contributed by atoms with E-state index in [9.17, 15) is 29.4 Å². The molecule has 4 unspecified atom stereocenters. The van der Waals surface area contributed by atoms with Crippen LogP contribution in [0.1, 0.15) is 25.8 Å². The molecule has 1 rings (SSSR count). The van der Waals surface area contributed by atoms with Crippen LogP contribution in [0.3, 0.4) is 0 Å². The fourth-order valence-electron chi connectivity index (χ4n) is 2.97. The molecular weight excluding hydrogens is 464 g/mol. The molecule has 3 amide bonds. The molecule has 0 aliphatic rings. The number of thioether (sulfide) groups is 1. The minimum absolute atomic E-state index is 0.0429. The number of amides is 3. The van der Waals surface area contributed by atoms with E-state index in [0.717, 1.165) is 0 Å². The summed E-state index contributed by atoms with van der Waals surface area (Å²) < 4.78 is 0. The first-order valence-electron chi connectivity index (χ1n) is 10.8. The van der Waals surface area contributed by atoms with Crippen molar-refractivity contribution in [3.05, 3.63) is 29.8 Å². The van der Waals surface area contributed by atoms with E-state index in [4.69, 9.17) is 10.8 Å². The number of rotatable bonds is 14. The fourth-order valence-corrected chi connectivity index (χ4v) is 3.46. The second kappa shape index (κ2) is 14.4. The SMILES string of the molecule is CSCCC(N)C(=O)NC(Cc1ccc(O)cc1)C(=O)NC(C(=O)NC(CO)C(=O)O)C(C)C. The second-order valence-electron chi connectivity index (χ2n) is 8.13. The number of aliphatic hydroxyl groups is 1. The smallest absolute Gasteiger partial charge is 0.328 e. The zero-order chi connectivity index (χ0) is 25.8. The molecule has 11 nitrogen and oxygen atoms in total. The number of carbonyl (C=O) groups excluding carboxylic acids is 3. The highest BCUT2D eigenvalue weighted by molar-refractivity contribution is 7.98. The molecule has 1 aromatic rings. The number of hydrogen-bond acceptors (Lipinski definition) is 8. The lowest BCUT2D eigenvalue weighted by molar-refractivity contribution is -0.143. The fraction of sp³-hybridized carbons (Fsp3) is 0.545. The van der Waals surface area contributed by atoms with Gasteiger partial charge in [0.05, 0.1) is 12.6 Å². The number of nitrogens with one attached hydrogen (secondary N) is 3. The van der Waals surface area contributed by atoms with Crippen molar-refractivity contribution in [1.82, 2.24) is 16.0 Å². The lowest BCUT2D eigenvalue weighted by Gasteiger charge is -2.27. The van der Waals surface area contributed by atoms with Crippen LogP contribution >= 0.6 is 11.8 Å². The molecule has 0 spiro atoms. The van der Waals surface area contributed by atoms with Gasteiger partial charge in [-0.1, -0.05) is 26.0 Å². The van der Waals surface area contributed by atoms with Crippen LogP contribution in [0.25, 0.3) is 0 Å². The van der Waals surface area contributed by atoms with Gasteiger partial charge in [0, 0.05) is 6.42 Å². The second-order valence-corrected chi connectivity index (χ2v) is 9.12. The van der Waals surface area contributed by atoms with Gasteiger partial charge in [0.1, 0.15) is 23.9 Å². The van der Waals surface area contributed by atoms with Crippen molar-refractivity contribution in [2.45, 2.75) is 50.9 Å². The van der Waals surface area contributed by atoms with Gasteiger partial charge in [0.15, 0.2) is 0 Å². The van der Waals surface area contributed by atoms with E-state index in [-0.39, 0.29) is 12.2 Å². The number of aliphatic carboxylic acids is 1. The minimum Gasteiger partial charge on any atom is -0.508 e. The Morgan fingerprint density at radius 3 is 2.06 bits per heavy atom. The number of carboxylic acids is 1. The van der Waals surface area contributed by atoms with Crippen molar-refractivity contribution >= 4 is 35.5 Å². The molecular formula is C22H34N4O7S. The van der Waals surface area contributed by atoms with Crippen LogP contribution in [-0.4, -0.2) is 81.8 Å². The Morgan fingerprint density at radius 2 is 1.56 bits per heavy atom. The Hall–Kier alpha value is -2.83. The Kier molecular flexibility index (Phi) is 12.4. The van der Waals surface area contributed by atoms with Gasteiger partial charge in [-0.3, -0.25) is 14.4 Å². The standard InChI is InChI=1S/C22H34N4O7S/c1-12(2)18(21(31)25-17(11-27)22(32)33)26-20(30)16(10-13-4-6-14(28)7-5-13)24-19(29)15(23)8-9-34-3/h4-7,12,15-18,27-28H,8-11,23H2,1-3H3,(H,24,29)(H,25,31)(H,26,30)(H,32,33). The Morgan fingerprint density at radius 1 is 0.971 bits per heavy atom. The Bertz CT molecular complexity index is 835. The molecule has 0 saturated carbocycles. The average molecular weight is 499 g/mol. The predicted octanol–water partition coefficient (Wildman–Crippen LogP) is -0.798. The number of carboxylic acid groups (broad SMARTS) is 1. The molecule has 0 radical (unpaired) electrons. The molecule has 0 aromatic heterocycles. The van der Waals surface area contributed by atoms with Crippen LogP contribution in [0.4, 0.5) is 0 Å². The summed E-state index contributed by atoms with van der Waals surface area (Å²) in [5.41, 5.74) is 6.57. The topological polar surface area (TPSA) is 191 Å². The molecule has 190 valence electrons. The molecule has 0 aliphatic heterocycles. The van der Waals surface area contributed by atoms with Crippen LogP contribution in [0.2, 0.25) is 0 Å². The number of phenolic OH excluding ortho intramolecular Hbond substituents is 1. The summed E-state index contributed by atoms with van der Waals surface area (Å²) in [6.45, 7) is 2.50. The van der Waals surface area contributed by atoms with Crippen LogP contribution in [0.15, 0.2) is 24.3 Å². The number of carbonyl (C=O) groups is 4. The summed E-state index contributed by atoms with van der Waals surface area (Å²) in [6, 6.07) is 1.54. The summed E-state index contributed by atoms with van der Waals surface area (Å²) in [6.07, 6.45) is 2.36. The van der Waals surface area contributed by atoms with E-state index in [1.165, 1.54) is 23.9 Å². The summed E-state index contributed by atoms with van der Waals surface area (Å²) in [4.78, 5) is 49.5. The van der Waals surface area contributed by atoms with Crippen molar-refractivity contribution in [2.75, 3.05) is 18.6 Å². The molecule has 0 aliphatic carbocycles. The molecule has 0 bridgehead atoms. The van der Waals surface area contributed by atoms with E-state index < -0.39 is 60.4 Å². The highest BCUT2D eigenvalue weighted by atomic mass is 32.2. The molecule has 1 aromatic carbocycles. The average Bonchev–Trinajstić information content (AvgIpc) is 2.79. The minimum atomic E-state index is -1.52. The van der Waals surface area contributed by atoms with Crippen LogP contribution in [0.5, 0.6) is 5.75 Å². The maximum atomic E-state index is 13.1. The van der Waals surface area contributed by atoms with E-state index in [1.807, 2.05) is 6.26 Å². The van der Waals surface area contributed by atoms with Crippen LogP contribution < -0.4 is 21.7 Å².